The Kier molecular flexibility index (Phi) is 4.47. The number of Topliss-reactive ketones (excluding diaryl/α,β-unsaturated/α-hetero) is 1. The van der Waals surface area contributed by atoms with E-state index in [-0.39, 0.29) is 17.3 Å². The highest BCUT2D eigenvalue weighted by molar-refractivity contribution is 6.15. The largest absolute Gasteiger partial charge is 0.504 e. The molecule has 0 aliphatic heterocycles. The molecule has 24 heavy (non-hydrogen) atoms. The van der Waals surface area contributed by atoms with Gasteiger partial charge in [-0.1, -0.05) is 18.2 Å². The molecule has 1 aliphatic carbocycles. The Morgan fingerprint density at radius 1 is 1.00 bits per heavy atom. The number of phenolic OH excluding ortho intramolecular Hbond substituents is 1. The van der Waals surface area contributed by atoms with Crippen LogP contribution in [0.3, 0.4) is 0 Å². The van der Waals surface area contributed by atoms with Crippen molar-refractivity contribution in [1.82, 2.24) is 0 Å². The Balaban J connectivity index is 1.84. The molecule has 3 nitrogen and oxygen atoms in total. The molecule has 3 rings (SSSR count). The van der Waals surface area contributed by atoms with Crippen LogP contribution in [0.25, 0.3) is 12.2 Å². The second-order valence-electron chi connectivity index (χ2n) is 5.65. The highest BCUT2D eigenvalue weighted by Gasteiger charge is 2.23. The van der Waals surface area contributed by atoms with Gasteiger partial charge in [-0.3, -0.25) is 4.79 Å². The average molecular weight is 324 g/mol. The SMILES string of the molecule is COc1cc(/C=C2\CC/C(=C\c3ccc(F)cc3)C2=O)ccc1O. The minimum absolute atomic E-state index is 0.00590. The fourth-order valence-corrected chi connectivity index (χ4v) is 2.72. The van der Waals surface area contributed by atoms with Gasteiger partial charge in [0, 0.05) is 11.1 Å². The molecular formula is C20H17FO3. The normalized spacial score (nSPS) is 17.7. The number of benzene rings is 2. The molecule has 4 heteroatoms. The van der Waals surface area contributed by atoms with E-state index in [0.29, 0.717) is 18.6 Å². The number of allylic oxidation sites excluding steroid dienone is 2. The molecule has 0 bridgehead atoms. The molecule has 0 amide bonds. The first kappa shape index (κ1) is 16.0. The minimum Gasteiger partial charge on any atom is -0.504 e. The van der Waals surface area contributed by atoms with Gasteiger partial charge in [-0.05, 0) is 60.4 Å². The van der Waals surface area contributed by atoms with Crippen LogP contribution in [0.15, 0.2) is 53.6 Å². The molecule has 2 aromatic carbocycles. The number of aromatic hydroxyl groups is 1. The third-order valence-corrected chi connectivity index (χ3v) is 4.00. The first-order valence-electron chi connectivity index (χ1n) is 7.65. The van der Waals surface area contributed by atoms with E-state index < -0.39 is 0 Å². The summed E-state index contributed by atoms with van der Waals surface area (Å²) >= 11 is 0. The summed E-state index contributed by atoms with van der Waals surface area (Å²) in [4.78, 5) is 12.5. The zero-order chi connectivity index (χ0) is 17.1. The molecule has 0 aromatic heterocycles. The van der Waals surface area contributed by atoms with Crippen LogP contribution in [0, 0.1) is 5.82 Å². The van der Waals surface area contributed by atoms with Crippen LogP contribution in [0.4, 0.5) is 4.39 Å². The fourth-order valence-electron chi connectivity index (χ4n) is 2.72. The molecule has 2 aromatic rings. The van der Waals surface area contributed by atoms with Crippen molar-refractivity contribution in [1.29, 1.82) is 0 Å². The summed E-state index contributed by atoms with van der Waals surface area (Å²) in [7, 11) is 1.48. The highest BCUT2D eigenvalue weighted by atomic mass is 19.1. The van der Waals surface area contributed by atoms with E-state index in [2.05, 4.69) is 0 Å². The van der Waals surface area contributed by atoms with Crippen molar-refractivity contribution >= 4 is 17.9 Å². The van der Waals surface area contributed by atoms with Crippen LogP contribution in [-0.4, -0.2) is 18.0 Å². The summed E-state index contributed by atoms with van der Waals surface area (Å²) in [6.45, 7) is 0. The van der Waals surface area contributed by atoms with Crippen molar-refractivity contribution in [2.24, 2.45) is 0 Å². The Morgan fingerprint density at radius 3 is 2.21 bits per heavy atom. The lowest BCUT2D eigenvalue weighted by Gasteiger charge is -2.04. The van der Waals surface area contributed by atoms with Crippen molar-refractivity contribution in [3.05, 3.63) is 70.6 Å². The van der Waals surface area contributed by atoms with Crippen LogP contribution in [0.2, 0.25) is 0 Å². The molecule has 0 saturated heterocycles. The standard InChI is InChI=1S/C20H17FO3/c1-24-19-12-14(4-9-18(19)22)11-16-6-5-15(20(16)23)10-13-2-7-17(21)8-3-13/h2-4,7-12,22H,5-6H2,1H3/b15-10+,16-11+. The predicted octanol–water partition coefficient (Wildman–Crippen LogP) is 4.37. The second-order valence-corrected chi connectivity index (χ2v) is 5.65. The monoisotopic (exact) mass is 324 g/mol. The average Bonchev–Trinajstić information content (AvgIpc) is 2.92. The van der Waals surface area contributed by atoms with Gasteiger partial charge in [-0.2, -0.15) is 0 Å². The second kappa shape index (κ2) is 6.71. The van der Waals surface area contributed by atoms with Gasteiger partial charge >= 0.3 is 0 Å². The first-order valence-corrected chi connectivity index (χ1v) is 7.65. The van der Waals surface area contributed by atoms with Crippen LogP contribution in [0.5, 0.6) is 11.5 Å². The van der Waals surface area contributed by atoms with E-state index in [4.69, 9.17) is 4.74 Å². The van der Waals surface area contributed by atoms with E-state index in [1.807, 2.05) is 6.08 Å². The lowest BCUT2D eigenvalue weighted by molar-refractivity contribution is -0.111. The number of hydrogen-bond donors (Lipinski definition) is 1. The van der Waals surface area contributed by atoms with Gasteiger partial charge in [-0.25, -0.2) is 4.39 Å². The third kappa shape index (κ3) is 3.38. The lowest BCUT2D eigenvalue weighted by Crippen LogP contribution is -1.95. The summed E-state index contributed by atoms with van der Waals surface area (Å²) in [6.07, 6.45) is 4.95. The summed E-state index contributed by atoms with van der Waals surface area (Å²) in [5.41, 5.74) is 3.05. The number of ether oxygens (including phenoxy) is 1. The molecule has 0 unspecified atom stereocenters. The number of hydrogen-bond acceptors (Lipinski definition) is 3. The molecule has 0 heterocycles. The Morgan fingerprint density at radius 2 is 1.58 bits per heavy atom. The summed E-state index contributed by atoms with van der Waals surface area (Å²) in [5.74, 6) is 0.147. The fraction of sp³-hybridized carbons (Fsp3) is 0.150. The van der Waals surface area contributed by atoms with Crippen molar-refractivity contribution in [2.75, 3.05) is 7.11 Å². The quantitative estimate of drug-likeness (QED) is 0.853. The van der Waals surface area contributed by atoms with Gasteiger partial charge < -0.3 is 9.84 Å². The molecule has 0 atom stereocenters. The van der Waals surface area contributed by atoms with E-state index in [9.17, 15) is 14.3 Å². The molecular weight excluding hydrogens is 307 g/mol. The van der Waals surface area contributed by atoms with Crippen molar-refractivity contribution in [3.63, 3.8) is 0 Å². The van der Waals surface area contributed by atoms with Gasteiger partial charge in [0.2, 0.25) is 0 Å². The Bertz CT molecular complexity index is 832. The topological polar surface area (TPSA) is 46.5 Å². The smallest absolute Gasteiger partial charge is 0.185 e. The Hall–Kier alpha value is -2.88. The predicted molar refractivity (Wildman–Crippen MR) is 91.3 cm³/mol. The van der Waals surface area contributed by atoms with Crippen LogP contribution in [0.1, 0.15) is 24.0 Å². The van der Waals surface area contributed by atoms with Gasteiger partial charge in [0.1, 0.15) is 5.82 Å². The van der Waals surface area contributed by atoms with Crippen molar-refractivity contribution in [2.45, 2.75) is 12.8 Å². The number of rotatable bonds is 3. The maximum atomic E-state index is 12.9. The Labute approximate surface area is 139 Å². The van der Waals surface area contributed by atoms with E-state index in [1.54, 1.807) is 36.4 Å². The van der Waals surface area contributed by atoms with Crippen molar-refractivity contribution in [3.8, 4) is 11.5 Å². The minimum atomic E-state index is -0.295. The van der Waals surface area contributed by atoms with E-state index in [1.165, 1.54) is 19.2 Å². The van der Waals surface area contributed by atoms with Gasteiger partial charge in [0.05, 0.1) is 7.11 Å². The number of phenols is 1. The summed E-state index contributed by atoms with van der Waals surface area (Å²) in [5, 5.41) is 9.63. The molecule has 1 N–H and O–H groups in total. The maximum absolute atomic E-state index is 12.9. The third-order valence-electron chi connectivity index (χ3n) is 4.00. The zero-order valence-electron chi connectivity index (χ0n) is 13.3. The molecule has 1 fully saturated rings. The number of ketones is 1. The molecule has 122 valence electrons. The van der Waals surface area contributed by atoms with Crippen molar-refractivity contribution < 1.29 is 19.0 Å². The maximum Gasteiger partial charge on any atom is 0.185 e. The molecule has 0 spiro atoms. The van der Waals surface area contributed by atoms with Gasteiger partial charge in [0.15, 0.2) is 17.3 Å². The van der Waals surface area contributed by atoms with E-state index in [0.717, 1.165) is 22.3 Å². The molecule has 0 radical (unpaired) electrons. The van der Waals surface area contributed by atoms with Crippen LogP contribution >= 0.6 is 0 Å². The van der Waals surface area contributed by atoms with Crippen LogP contribution in [-0.2, 0) is 4.79 Å². The number of halogens is 1. The number of carbonyl (C=O) groups excluding carboxylic acids is 1. The first-order chi connectivity index (χ1) is 11.6. The number of methoxy groups -OCH3 is 1. The lowest BCUT2D eigenvalue weighted by atomic mass is 10.1. The van der Waals surface area contributed by atoms with Gasteiger partial charge in [-0.15, -0.1) is 0 Å². The van der Waals surface area contributed by atoms with Crippen LogP contribution < -0.4 is 4.74 Å². The molecule has 1 aliphatic rings. The molecule has 1 saturated carbocycles. The van der Waals surface area contributed by atoms with E-state index >= 15 is 0 Å². The summed E-state index contributed by atoms with van der Waals surface area (Å²) in [6, 6.07) is 11.0. The summed E-state index contributed by atoms with van der Waals surface area (Å²) < 4.78 is 18.0. The highest BCUT2D eigenvalue weighted by Crippen LogP contribution is 2.32. The zero-order valence-corrected chi connectivity index (χ0v) is 13.3. The number of carbonyl (C=O) groups is 1. The van der Waals surface area contributed by atoms with Gasteiger partial charge in [0.25, 0.3) is 0 Å².